The molecule has 0 bridgehead atoms. The molecule has 17 heavy (non-hydrogen) atoms. The number of alkyl halides is 3. The highest BCUT2D eigenvalue weighted by Gasteiger charge is 2.30. The van der Waals surface area contributed by atoms with Gasteiger partial charge in [0.15, 0.2) is 0 Å². The molecule has 0 saturated heterocycles. The molecule has 1 atom stereocenters. The third-order valence-corrected chi connectivity index (χ3v) is 2.47. The van der Waals surface area contributed by atoms with Gasteiger partial charge in [-0.3, -0.25) is 0 Å². The van der Waals surface area contributed by atoms with Crippen molar-refractivity contribution in [3.63, 3.8) is 0 Å². The van der Waals surface area contributed by atoms with Crippen LogP contribution in [0, 0.1) is 5.92 Å². The number of halogens is 4. The fraction of sp³-hybridized carbons (Fsp3) is 0.385. The van der Waals surface area contributed by atoms with Crippen molar-refractivity contribution in [2.75, 3.05) is 0 Å². The van der Waals surface area contributed by atoms with Gasteiger partial charge in [-0.05, 0) is 31.4 Å². The molecule has 0 aliphatic heterocycles. The Morgan fingerprint density at radius 1 is 1.35 bits per heavy atom. The lowest BCUT2D eigenvalue weighted by Crippen LogP contribution is -2.09. The summed E-state index contributed by atoms with van der Waals surface area (Å²) in [6.07, 6.45) is 3.04. The first-order valence-electron chi connectivity index (χ1n) is 5.30. The fourth-order valence-electron chi connectivity index (χ4n) is 1.34. The molecule has 0 aromatic heterocycles. The van der Waals surface area contributed by atoms with Crippen LogP contribution >= 0.6 is 0 Å². The van der Waals surface area contributed by atoms with E-state index < -0.39 is 17.6 Å². The first kappa shape index (κ1) is 13.7. The first-order valence-corrected chi connectivity index (χ1v) is 5.30. The second-order valence-corrected chi connectivity index (χ2v) is 4.10. The highest BCUT2D eigenvalue weighted by atomic mass is 19.4. The third-order valence-electron chi connectivity index (χ3n) is 2.47. The first-order chi connectivity index (χ1) is 7.80. The molecular weight excluding hydrogens is 232 g/mol. The molecule has 0 amide bonds. The van der Waals surface area contributed by atoms with Crippen molar-refractivity contribution in [1.29, 1.82) is 0 Å². The minimum Gasteiger partial charge on any atom is -0.206 e. The third kappa shape index (κ3) is 4.21. The topological polar surface area (TPSA) is 0 Å². The van der Waals surface area contributed by atoms with Crippen LogP contribution in [0.1, 0.15) is 20.3 Å². The predicted molar refractivity (Wildman–Crippen MR) is 60.0 cm³/mol. The predicted octanol–water partition coefficient (Wildman–Crippen LogP) is 4.87. The average molecular weight is 246 g/mol. The van der Waals surface area contributed by atoms with Crippen LogP contribution in [0.2, 0.25) is 0 Å². The smallest absolute Gasteiger partial charge is 0.206 e. The van der Waals surface area contributed by atoms with Crippen LogP contribution < -0.4 is 0 Å². The molecule has 0 nitrogen and oxygen atoms in total. The quantitative estimate of drug-likeness (QED) is 0.579. The monoisotopic (exact) mass is 246 g/mol. The molecule has 1 unspecified atom stereocenters. The molecule has 0 radical (unpaired) electrons. The molecular formula is C13H14F4. The average Bonchev–Trinajstić information content (AvgIpc) is 2.20. The zero-order valence-electron chi connectivity index (χ0n) is 9.68. The van der Waals surface area contributed by atoms with Gasteiger partial charge in [-0.2, -0.15) is 13.2 Å². The van der Waals surface area contributed by atoms with Crippen molar-refractivity contribution in [2.24, 2.45) is 5.92 Å². The van der Waals surface area contributed by atoms with E-state index in [2.05, 4.69) is 0 Å². The Bertz CT molecular complexity index is 394. The van der Waals surface area contributed by atoms with Gasteiger partial charge in [0.2, 0.25) is 0 Å². The van der Waals surface area contributed by atoms with E-state index in [1.54, 1.807) is 12.2 Å². The van der Waals surface area contributed by atoms with Gasteiger partial charge < -0.3 is 0 Å². The van der Waals surface area contributed by atoms with Crippen molar-refractivity contribution >= 4 is 0 Å². The second kappa shape index (κ2) is 5.34. The largest absolute Gasteiger partial charge is 0.412 e. The molecule has 0 aromatic carbocycles. The lowest BCUT2D eigenvalue weighted by molar-refractivity contribution is -0.0913. The van der Waals surface area contributed by atoms with Crippen molar-refractivity contribution in [1.82, 2.24) is 0 Å². The Morgan fingerprint density at radius 2 is 2.00 bits per heavy atom. The van der Waals surface area contributed by atoms with E-state index in [4.69, 9.17) is 0 Å². The molecule has 0 aromatic rings. The molecule has 1 aliphatic carbocycles. The summed E-state index contributed by atoms with van der Waals surface area (Å²) in [5, 5.41) is 0. The van der Waals surface area contributed by atoms with Gasteiger partial charge in [0.1, 0.15) is 5.83 Å². The zero-order valence-corrected chi connectivity index (χ0v) is 9.68. The molecule has 0 N–H and O–H groups in total. The molecule has 94 valence electrons. The van der Waals surface area contributed by atoms with Crippen LogP contribution in [-0.2, 0) is 0 Å². The van der Waals surface area contributed by atoms with Gasteiger partial charge in [0, 0.05) is 11.1 Å². The molecule has 1 rings (SSSR count). The van der Waals surface area contributed by atoms with E-state index in [0.29, 0.717) is 6.42 Å². The van der Waals surface area contributed by atoms with Gasteiger partial charge in [-0.15, -0.1) is 0 Å². The summed E-state index contributed by atoms with van der Waals surface area (Å²) in [4.78, 5) is 0. The molecule has 0 fully saturated rings. The minimum atomic E-state index is -4.42. The lowest BCUT2D eigenvalue weighted by Gasteiger charge is -2.09. The maximum Gasteiger partial charge on any atom is 0.412 e. The maximum absolute atomic E-state index is 13.5. The van der Waals surface area contributed by atoms with Crippen LogP contribution in [0.3, 0.4) is 0 Å². The van der Waals surface area contributed by atoms with Crippen LogP contribution in [-0.4, -0.2) is 6.18 Å². The highest BCUT2D eigenvalue weighted by molar-refractivity contribution is 5.41. The van der Waals surface area contributed by atoms with Gasteiger partial charge in [-0.25, -0.2) is 4.39 Å². The number of hydrogen-bond acceptors (Lipinski definition) is 0. The summed E-state index contributed by atoms with van der Waals surface area (Å²) in [6.45, 7) is 2.85. The van der Waals surface area contributed by atoms with Crippen LogP contribution in [0.4, 0.5) is 17.6 Å². The van der Waals surface area contributed by atoms with Crippen LogP contribution in [0.5, 0.6) is 0 Å². The summed E-state index contributed by atoms with van der Waals surface area (Å²) in [6, 6.07) is 0. The second-order valence-electron chi connectivity index (χ2n) is 4.10. The highest BCUT2D eigenvalue weighted by Crippen LogP contribution is 2.28. The summed E-state index contributed by atoms with van der Waals surface area (Å²) < 4.78 is 50.5. The van der Waals surface area contributed by atoms with Crippen molar-refractivity contribution < 1.29 is 17.6 Å². The Kier molecular flexibility index (Phi) is 4.32. The lowest BCUT2D eigenvalue weighted by atomic mass is 10.0. The van der Waals surface area contributed by atoms with Crippen molar-refractivity contribution in [3.05, 3.63) is 47.4 Å². The Labute approximate surface area is 98.0 Å². The molecule has 0 saturated carbocycles. The van der Waals surface area contributed by atoms with E-state index in [1.165, 1.54) is 12.2 Å². The zero-order chi connectivity index (χ0) is 13.1. The molecule has 1 aliphatic rings. The van der Waals surface area contributed by atoms with Gasteiger partial charge in [-0.1, -0.05) is 25.2 Å². The minimum absolute atomic E-state index is 0.0392. The molecule has 0 spiro atoms. The molecule has 0 heterocycles. The van der Waals surface area contributed by atoms with E-state index in [9.17, 15) is 17.6 Å². The summed E-state index contributed by atoms with van der Waals surface area (Å²) in [7, 11) is 0. The van der Waals surface area contributed by atoms with Gasteiger partial charge in [0.25, 0.3) is 0 Å². The summed E-state index contributed by atoms with van der Waals surface area (Å²) >= 11 is 0. The number of rotatable bonds is 1. The standard InChI is InChI=1S/C13H14F4/c1-9-4-3-5-12(14)11(7-6-9)8-10(2)13(15,16)17/h3,5-9H,4H2,1-2H3/b5-3+,7-6-,10-8-,12-11-. The Hall–Kier alpha value is -1.32. The van der Waals surface area contributed by atoms with E-state index in [1.807, 2.05) is 6.92 Å². The maximum atomic E-state index is 13.5. The summed E-state index contributed by atoms with van der Waals surface area (Å²) in [5.74, 6) is -0.453. The van der Waals surface area contributed by atoms with Gasteiger partial charge >= 0.3 is 6.18 Å². The van der Waals surface area contributed by atoms with Crippen molar-refractivity contribution in [2.45, 2.75) is 26.4 Å². The molecule has 4 heteroatoms. The number of hydrogen-bond donors (Lipinski definition) is 0. The van der Waals surface area contributed by atoms with Crippen molar-refractivity contribution in [3.8, 4) is 0 Å². The van der Waals surface area contributed by atoms with Gasteiger partial charge in [0.05, 0.1) is 0 Å². The Morgan fingerprint density at radius 3 is 2.59 bits per heavy atom. The fourth-order valence-corrected chi connectivity index (χ4v) is 1.34. The number of allylic oxidation sites excluding steroid dienone is 8. The van der Waals surface area contributed by atoms with E-state index in [0.717, 1.165) is 13.0 Å². The van der Waals surface area contributed by atoms with Crippen LogP contribution in [0.25, 0.3) is 0 Å². The normalized spacial score (nSPS) is 30.7. The van der Waals surface area contributed by atoms with E-state index >= 15 is 0 Å². The Balaban J connectivity index is 3.09. The summed E-state index contributed by atoms with van der Waals surface area (Å²) in [5.41, 5.74) is -0.850. The SMILES string of the molecule is C/C(=C/C1=C(F)/C=C/CC(C)/C=C\1)C(F)(F)F. The van der Waals surface area contributed by atoms with E-state index in [-0.39, 0.29) is 11.5 Å². The van der Waals surface area contributed by atoms with Crippen LogP contribution in [0.15, 0.2) is 47.4 Å².